The average Bonchev–Trinajstić information content (AvgIpc) is 2.89. The van der Waals surface area contributed by atoms with Crippen LogP contribution in [0.25, 0.3) is 0 Å². The number of carboxylic acids is 1. The smallest absolute Gasteiger partial charge is 0.358 e. The van der Waals surface area contributed by atoms with E-state index < -0.39 is 5.97 Å². The van der Waals surface area contributed by atoms with Crippen molar-refractivity contribution in [3.63, 3.8) is 0 Å². The fourth-order valence-corrected chi connectivity index (χ4v) is 2.30. The summed E-state index contributed by atoms with van der Waals surface area (Å²) in [4.78, 5) is 11.8. The molecule has 0 unspecified atom stereocenters. The summed E-state index contributed by atoms with van der Waals surface area (Å²) in [6, 6.07) is 11.6. The van der Waals surface area contributed by atoms with Crippen molar-refractivity contribution in [3.8, 4) is 0 Å². The van der Waals surface area contributed by atoms with Crippen molar-refractivity contribution in [3.05, 3.63) is 47.9 Å². The lowest BCUT2D eigenvalue weighted by Crippen LogP contribution is -2.16. The van der Waals surface area contributed by atoms with Gasteiger partial charge in [0.2, 0.25) is 0 Å². The highest BCUT2D eigenvalue weighted by Gasteiger charge is 2.09. The van der Waals surface area contributed by atoms with Gasteiger partial charge in [0.15, 0.2) is 11.5 Å². The molecule has 5 nitrogen and oxygen atoms in total. The maximum Gasteiger partial charge on any atom is 0.358 e. The van der Waals surface area contributed by atoms with E-state index >= 15 is 0 Å². The standard InChI is InChI=1S/C13H14N2O3S/c16-13(17)12-8-10(18-15-12)9-14-6-7-19-11-4-2-1-3-5-11/h1-5,8,14H,6-7,9H2,(H,16,17). The number of aromatic carboxylic acids is 1. The van der Waals surface area contributed by atoms with Crippen molar-refractivity contribution < 1.29 is 14.4 Å². The van der Waals surface area contributed by atoms with Crippen molar-refractivity contribution in [2.45, 2.75) is 11.4 Å². The third kappa shape index (κ3) is 4.42. The zero-order valence-corrected chi connectivity index (χ0v) is 11.0. The lowest BCUT2D eigenvalue weighted by molar-refractivity contribution is 0.0685. The third-order valence-electron chi connectivity index (χ3n) is 2.37. The van der Waals surface area contributed by atoms with Gasteiger partial charge < -0.3 is 14.9 Å². The second-order valence-electron chi connectivity index (χ2n) is 3.82. The first kappa shape index (κ1) is 13.6. The molecule has 100 valence electrons. The van der Waals surface area contributed by atoms with Gasteiger partial charge in [0.25, 0.3) is 0 Å². The van der Waals surface area contributed by atoms with Crippen LogP contribution in [-0.2, 0) is 6.54 Å². The molecule has 0 atom stereocenters. The van der Waals surface area contributed by atoms with Gasteiger partial charge in [-0.15, -0.1) is 11.8 Å². The Kier molecular flexibility index (Phi) is 5.00. The number of hydrogen-bond acceptors (Lipinski definition) is 5. The predicted molar refractivity (Wildman–Crippen MR) is 72.3 cm³/mol. The number of aromatic nitrogens is 1. The molecule has 19 heavy (non-hydrogen) atoms. The van der Waals surface area contributed by atoms with Crippen LogP contribution < -0.4 is 5.32 Å². The summed E-state index contributed by atoms with van der Waals surface area (Å²) >= 11 is 1.76. The van der Waals surface area contributed by atoms with Gasteiger partial charge in [0.05, 0.1) is 6.54 Å². The monoisotopic (exact) mass is 278 g/mol. The number of carboxylic acid groups (broad SMARTS) is 1. The van der Waals surface area contributed by atoms with E-state index in [0.29, 0.717) is 12.3 Å². The molecule has 0 radical (unpaired) electrons. The minimum absolute atomic E-state index is 0.0598. The minimum atomic E-state index is -1.07. The molecule has 1 aromatic heterocycles. The molecular formula is C13H14N2O3S. The van der Waals surface area contributed by atoms with Crippen molar-refractivity contribution in [2.75, 3.05) is 12.3 Å². The van der Waals surface area contributed by atoms with Gasteiger partial charge in [-0.05, 0) is 12.1 Å². The van der Waals surface area contributed by atoms with Gasteiger partial charge in [-0.25, -0.2) is 4.79 Å². The number of nitrogens with one attached hydrogen (secondary N) is 1. The first-order valence-corrected chi connectivity index (χ1v) is 6.82. The van der Waals surface area contributed by atoms with Gasteiger partial charge >= 0.3 is 5.97 Å². The fraction of sp³-hybridized carbons (Fsp3) is 0.231. The SMILES string of the molecule is O=C(O)c1cc(CNCCSc2ccccc2)on1. The molecule has 1 aromatic carbocycles. The van der Waals surface area contributed by atoms with E-state index in [1.165, 1.54) is 11.0 Å². The Morgan fingerprint density at radius 1 is 1.37 bits per heavy atom. The molecule has 0 aliphatic rings. The zero-order valence-electron chi connectivity index (χ0n) is 10.2. The highest BCUT2D eigenvalue weighted by atomic mass is 32.2. The topological polar surface area (TPSA) is 75.4 Å². The number of benzene rings is 1. The Bertz CT molecular complexity index is 528. The number of rotatable bonds is 7. The molecule has 0 saturated heterocycles. The summed E-state index contributed by atoms with van der Waals surface area (Å²) in [5.41, 5.74) is -0.0598. The van der Waals surface area contributed by atoms with Gasteiger partial charge in [-0.1, -0.05) is 23.4 Å². The molecular weight excluding hydrogens is 264 g/mol. The predicted octanol–water partition coefficient (Wildman–Crippen LogP) is 2.25. The first-order valence-electron chi connectivity index (χ1n) is 5.83. The summed E-state index contributed by atoms with van der Waals surface area (Å²) in [6.45, 7) is 1.29. The molecule has 2 N–H and O–H groups in total. The van der Waals surface area contributed by atoms with Gasteiger partial charge in [-0.2, -0.15) is 0 Å². The van der Waals surface area contributed by atoms with E-state index in [9.17, 15) is 4.79 Å². The molecule has 0 fully saturated rings. The van der Waals surface area contributed by atoms with Crippen LogP contribution in [-0.4, -0.2) is 28.5 Å². The molecule has 0 aliphatic heterocycles. The molecule has 0 aliphatic carbocycles. The molecule has 2 aromatic rings. The number of carbonyl (C=O) groups is 1. The van der Waals surface area contributed by atoms with Crippen LogP contribution in [0, 0.1) is 0 Å². The maximum absolute atomic E-state index is 10.6. The number of thioether (sulfide) groups is 1. The average molecular weight is 278 g/mol. The quantitative estimate of drug-likeness (QED) is 0.597. The molecule has 2 rings (SSSR count). The molecule has 0 bridgehead atoms. The Morgan fingerprint density at radius 3 is 2.84 bits per heavy atom. The van der Waals surface area contributed by atoms with Crippen LogP contribution in [0.2, 0.25) is 0 Å². The largest absolute Gasteiger partial charge is 0.476 e. The van der Waals surface area contributed by atoms with Crippen LogP contribution >= 0.6 is 11.8 Å². The van der Waals surface area contributed by atoms with Crippen LogP contribution in [0.3, 0.4) is 0 Å². The van der Waals surface area contributed by atoms with E-state index in [1.807, 2.05) is 18.2 Å². The van der Waals surface area contributed by atoms with Crippen LogP contribution in [0.5, 0.6) is 0 Å². The van der Waals surface area contributed by atoms with Crippen LogP contribution in [0.15, 0.2) is 45.8 Å². The fourth-order valence-electron chi connectivity index (χ4n) is 1.47. The Balaban J connectivity index is 1.65. The third-order valence-corrected chi connectivity index (χ3v) is 3.38. The van der Waals surface area contributed by atoms with E-state index in [2.05, 4.69) is 22.6 Å². The van der Waals surface area contributed by atoms with Crippen molar-refractivity contribution >= 4 is 17.7 Å². The summed E-state index contributed by atoms with van der Waals surface area (Å²) in [5, 5.41) is 15.3. The lowest BCUT2D eigenvalue weighted by atomic mass is 10.3. The molecule has 0 saturated carbocycles. The Morgan fingerprint density at radius 2 is 2.16 bits per heavy atom. The molecule has 0 amide bonds. The zero-order chi connectivity index (χ0) is 13.5. The summed E-state index contributed by atoms with van der Waals surface area (Å²) in [6.07, 6.45) is 0. The Hall–Kier alpha value is -1.79. The van der Waals surface area contributed by atoms with Crippen molar-refractivity contribution in [2.24, 2.45) is 0 Å². The highest BCUT2D eigenvalue weighted by Crippen LogP contribution is 2.15. The van der Waals surface area contributed by atoms with Gasteiger partial charge in [0, 0.05) is 23.3 Å². The maximum atomic E-state index is 10.6. The first-order chi connectivity index (χ1) is 9.25. The van der Waals surface area contributed by atoms with E-state index in [0.717, 1.165) is 12.3 Å². The van der Waals surface area contributed by atoms with Crippen molar-refractivity contribution in [1.82, 2.24) is 10.5 Å². The second kappa shape index (κ2) is 6.96. The van der Waals surface area contributed by atoms with E-state index in [-0.39, 0.29) is 5.69 Å². The van der Waals surface area contributed by atoms with E-state index in [4.69, 9.17) is 9.63 Å². The van der Waals surface area contributed by atoms with Crippen LogP contribution in [0.1, 0.15) is 16.2 Å². The molecule has 6 heteroatoms. The molecule has 0 spiro atoms. The Labute approximate surface area is 115 Å². The second-order valence-corrected chi connectivity index (χ2v) is 4.99. The highest BCUT2D eigenvalue weighted by molar-refractivity contribution is 7.99. The summed E-state index contributed by atoms with van der Waals surface area (Å²) in [7, 11) is 0. The molecule has 1 heterocycles. The summed E-state index contributed by atoms with van der Waals surface area (Å²) < 4.78 is 4.89. The van der Waals surface area contributed by atoms with Crippen LogP contribution in [0.4, 0.5) is 0 Å². The number of hydrogen-bond donors (Lipinski definition) is 2. The summed E-state index contributed by atoms with van der Waals surface area (Å²) in [5.74, 6) is 0.390. The normalized spacial score (nSPS) is 10.5. The minimum Gasteiger partial charge on any atom is -0.476 e. The lowest BCUT2D eigenvalue weighted by Gasteiger charge is -2.02. The van der Waals surface area contributed by atoms with Gasteiger partial charge in [0.1, 0.15) is 0 Å². The van der Waals surface area contributed by atoms with Crippen molar-refractivity contribution in [1.29, 1.82) is 0 Å². The number of nitrogens with zero attached hydrogens (tertiary/aromatic N) is 1. The van der Waals surface area contributed by atoms with Gasteiger partial charge in [-0.3, -0.25) is 0 Å². The van der Waals surface area contributed by atoms with E-state index in [1.54, 1.807) is 11.8 Å².